The number of nitrogens with one attached hydrogen (secondary N) is 2. The van der Waals surface area contributed by atoms with Crippen LogP contribution < -0.4 is 15.4 Å². The fourth-order valence-corrected chi connectivity index (χ4v) is 3.27. The normalized spacial score (nSPS) is 19.7. The second-order valence-corrected chi connectivity index (χ2v) is 6.68. The predicted octanol–water partition coefficient (Wildman–Crippen LogP) is 2.84. The van der Waals surface area contributed by atoms with Crippen molar-refractivity contribution in [2.45, 2.75) is 58.2 Å². The third kappa shape index (κ3) is 4.87. The Morgan fingerprint density at radius 2 is 1.92 bits per heavy atom. The van der Waals surface area contributed by atoms with Crippen molar-refractivity contribution in [3.63, 3.8) is 0 Å². The van der Waals surface area contributed by atoms with Crippen molar-refractivity contribution in [2.75, 3.05) is 13.7 Å². The lowest BCUT2D eigenvalue weighted by Gasteiger charge is -2.35. The molecule has 2 N–H and O–H groups in total. The maximum Gasteiger partial charge on any atom is 0.315 e. The molecule has 0 unspecified atom stereocenters. The van der Waals surface area contributed by atoms with Crippen LogP contribution in [0.15, 0.2) is 24.3 Å². The number of benzene rings is 1. The number of carbonyl (C=O) groups is 2. The van der Waals surface area contributed by atoms with E-state index < -0.39 is 6.04 Å². The van der Waals surface area contributed by atoms with Crippen LogP contribution in [0, 0.1) is 0 Å². The van der Waals surface area contributed by atoms with Gasteiger partial charge in [-0.25, -0.2) is 4.79 Å². The second-order valence-electron chi connectivity index (χ2n) is 6.68. The minimum absolute atomic E-state index is 0.0210. The van der Waals surface area contributed by atoms with Crippen LogP contribution in [0.2, 0.25) is 0 Å². The number of para-hydroxylation sites is 1. The van der Waals surface area contributed by atoms with Gasteiger partial charge in [0.05, 0.1) is 13.2 Å². The molecule has 1 saturated heterocycles. The van der Waals surface area contributed by atoms with Crippen LogP contribution in [0.5, 0.6) is 5.75 Å². The van der Waals surface area contributed by atoms with E-state index in [0.29, 0.717) is 0 Å². The van der Waals surface area contributed by atoms with Gasteiger partial charge in [-0.05, 0) is 46.1 Å². The molecule has 1 heterocycles. The van der Waals surface area contributed by atoms with Crippen molar-refractivity contribution in [3.8, 4) is 5.75 Å². The van der Waals surface area contributed by atoms with Gasteiger partial charge in [-0.1, -0.05) is 18.2 Å². The monoisotopic (exact) mass is 347 g/mol. The molecule has 0 aliphatic carbocycles. The van der Waals surface area contributed by atoms with Gasteiger partial charge in [0.25, 0.3) is 0 Å². The minimum atomic E-state index is -0.551. The van der Waals surface area contributed by atoms with Gasteiger partial charge >= 0.3 is 6.03 Å². The van der Waals surface area contributed by atoms with Crippen molar-refractivity contribution < 1.29 is 14.3 Å². The highest BCUT2D eigenvalue weighted by molar-refractivity contribution is 5.87. The average molecular weight is 347 g/mol. The van der Waals surface area contributed by atoms with Gasteiger partial charge < -0.3 is 20.3 Å². The van der Waals surface area contributed by atoms with E-state index in [1.807, 2.05) is 36.1 Å². The highest BCUT2D eigenvalue weighted by Gasteiger charge is 2.28. The lowest BCUT2D eigenvalue weighted by Crippen LogP contribution is -2.53. The summed E-state index contributed by atoms with van der Waals surface area (Å²) >= 11 is 0. The number of piperidine rings is 1. The molecular formula is C19H29N3O3. The summed E-state index contributed by atoms with van der Waals surface area (Å²) in [5.74, 6) is 0.703. The van der Waals surface area contributed by atoms with E-state index in [4.69, 9.17) is 4.74 Å². The molecule has 0 saturated carbocycles. The van der Waals surface area contributed by atoms with Crippen molar-refractivity contribution in [2.24, 2.45) is 0 Å². The highest BCUT2D eigenvalue weighted by Crippen LogP contribution is 2.24. The number of carbonyl (C=O) groups excluding carboxylic acids is 2. The summed E-state index contributed by atoms with van der Waals surface area (Å²) in [5.41, 5.74) is 0.892. The lowest BCUT2D eigenvalue weighted by atomic mass is 10.0. The summed E-state index contributed by atoms with van der Waals surface area (Å²) in [5, 5.41) is 5.62. The predicted molar refractivity (Wildman–Crippen MR) is 97.6 cm³/mol. The molecule has 1 aliphatic rings. The Balaban J connectivity index is 1.91. The van der Waals surface area contributed by atoms with Crippen molar-refractivity contribution in [1.29, 1.82) is 0 Å². The van der Waals surface area contributed by atoms with Crippen LogP contribution in [0.4, 0.5) is 4.79 Å². The first kappa shape index (κ1) is 19.1. The van der Waals surface area contributed by atoms with Crippen LogP contribution in [0.25, 0.3) is 0 Å². The molecule has 0 bridgehead atoms. The van der Waals surface area contributed by atoms with E-state index in [-0.39, 0.29) is 24.0 Å². The summed E-state index contributed by atoms with van der Waals surface area (Å²) in [6.07, 6.45) is 3.21. The SMILES string of the molecule is COc1ccccc1[C@H](C)NC(=O)N[C@@H](C)C(=O)N1CCCC[C@@H]1C. The number of urea groups is 1. The van der Waals surface area contributed by atoms with Gasteiger partial charge in [-0.2, -0.15) is 0 Å². The zero-order chi connectivity index (χ0) is 18.4. The molecule has 3 amide bonds. The molecule has 0 aromatic heterocycles. The number of nitrogens with zero attached hydrogens (tertiary/aromatic N) is 1. The van der Waals surface area contributed by atoms with Gasteiger partial charge in [0.2, 0.25) is 5.91 Å². The summed E-state index contributed by atoms with van der Waals surface area (Å²) in [6, 6.07) is 6.65. The smallest absolute Gasteiger partial charge is 0.315 e. The van der Waals surface area contributed by atoms with Crippen LogP contribution in [0.3, 0.4) is 0 Å². The standard InChI is InChI=1S/C19H29N3O3/c1-13-9-7-8-12-22(13)18(23)15(3)21-19(24)20-14(2)16-10-5-6-11-17(16)25-4/h5-6,10-11,13-15H,7-9,12H2,1-4H3,(H2,20,21,24)/t13-,14-,15-/m0/s1. The Bertz CT molecular complexity index is 605. The largest absolute Gasteiger partial charge is 0.496 e. The molecule has 1 fully saturated rings. The lowest BCUT2D eigenvalue weighted by molar-refractivity contribution is -0.136. The molecule has 0 radical (unpaired) electrons. The fourth-order valence-electron chi connectivity index (χ4n) is 3.27. The van der Waals surface area contributed by atoms with Gasteiger partial charge in [0.1, 0.15) is 11.8 Å². The molecule has 138 valence electrons. The quantitative estimate of drug-likeness (QED) is 0.860. The molecule has 6 heteroatoms. The van der Waals surface area contributed by atoms with Gasteiger partial charge in [0.15, 0.2) is 0 Å². The fraction of sp³-hybridized carbons (Fsp3) is 0.579. The van der Waals surface area contributed by atoms with Crippen LogP contribution >= 0.6 is 0 Å². The third-order valence-corrected chi connectivity index (χ3v) is 4.76. The van der Waals surface area contributed by atoms with Crippen LogP contribution in [-0.2, 0) is 4.79 Å². The molecule has 1 aromatic rings. The van der Waals surface area contributed by atoms with Crippen molar-refractivity contribution >= 4 is 11.9 Å². The number of hydrogen-bond donors (Lipinski definition) is 2. The molecular weight excluding hydrogens is 318 g/mol. The summed E-state index contributed by atoms with van der Waals surface area (Å²) in [6.45, 7) is 6.45. The first-order valence-electron chi connectivity index (χ1n) is 8.94. The van der Waals surface area contributed by atoms with Crippen molar-refractivity contribution in [1.82, 2.24) is 15.5 Å². The van der Waals surface area contributed by atoms with E-state index in [1.54, 1.807) is 14.0 Å². The van der Waals surface area contributed by atoms with E-state index in [1.165, 1.54) is 0 Å². The van der Waals surface area contributed by atoms with Gasteiger partial charge in [-0.15, -0.1) is 0 Å². The number of rotatable bonds is 5. The van der Waals surface area contributed by atoms with E-state index in [2.05, 4.69) is 17.6 Å². The Morgan fingerprint density at radius 3 is 2.60 bits per heavy atom. The highest BCUT2D eigenvalue weighted by atomic mass is 16.5. The second kappa shape index (κ2) is 8.74. The van der Waals surface area contributed by atoms with E-state index in [0.717, 1.165) is 37.1 Å². The molecule has 25 heavy (non-hydrogen) atoms. The molecule has 2 rings (SSSR count). The molecule has 3 atom stereocenters. The number of likely N-dealkylation sites (tertiary alicyclic amines) is 1. The maximum atomic E-state index is 12.6. The van der Waals surface area contributed by atoms with Gasteiger partial charge in [-0.3, -0.25) is 4.79 Å². The zero-order valence-electron chi connectivity index (χ0n) is 15.5. The zero-order valence-corrected chi connectivity index (χ0v) is 15.5. The van der Waals surface area contributed by atoms with Crippen LogP contribution in [-0.4, -0.2) is 42.6 Å². The Labute approximate surface area is 149 Å². The first-order valence-corrected chi connectivity index (χ1v) is 8.94. The Hall–Kier alpha value is -2.24. The first-order chi connectivity index (χ1) is 11.9. The summed E-state index contributed by atoms with van der Waals surface area (Å²) < 4.78 is 5.33. The molecule has 6 nitrogen and oxygen atoms in total. The Kier molecular flexibility index (Phi) is 6.67. The number of amides is 3. The van der Waals surface area contributed by atoms with Crippen LogP contribution in [0.1, 0.15) is 51.6 Å². The minimum Gasteiger partial charge on any atom is -0.496 e. The molecule has 1 aromatic carbocycles. The average Bonchev–Trinajstić information content (AvgIpc) is 2.61. The summed E-state index contributed by atoms with van der Waals surface area (Å²) in [4.78, 5) is 26.7. The van der Waals surface area contributed by atoms with E-state index in [9.17, 15) is 9.59 Å². The molecule has 1 aliphatic heterocycles. The maximum absolute atomic E-state index is 12.6. The molecule has 0 spiro atoms. The number of ether oxygens (including phenoxy) is 1. The number of hydrogen-bond acceptors (Lipinski definition) is 3. The topological polar surface area (TPSA) is 70.7 Å². The number of methoxy groups -OCH3 is 1. The van der Waals surface area contributed by atoms with Crippen molar-refractivity contribution in [3.05, 3.63) is 29.8 Å². The Morgan fingerprint density at radius 1 is 1.20 bits per heavy atom. The summed E-state index contributed by atoms with van der Waals surface area (Å²) in [7, 11) is 1.60. The van der Waals surface area contributed by atoms with E-state index >= 15 is 0 Å². The van der Waals surface area contributed by atoms with Gasteiger partial charge in [0, 0.05) is 18.2 Å². The third-order valence-electron chi connectivity index (χ3n) is 4.76.